The Kier molecular flexibility index (Phi) is 6.47. The molecule has 0 aromatic heterocycles. The number of hydrogen-bond acceptors (Lipinski definition) is 6. The van der Waals surface area contributed by atoms with Crippen molar-refractivity contribution in [3.05, 3.63) is 29.8 Å². The van der Waals surface area contributed by atoms with Crippen molar-refractivity contribution in [1.29, 1.82) is 0 Å². The number of methoxy groups -OCH3 is 1. The molecule has 0 aliphatic carbocycles. The molecule has 0 aliphatic rings. The van der Waals surface area contributed by atoms with Gasteiger partial charge in [-0.1, -0.05) is 6.07 Å². The van der Waals surface area contributed by atoms with Crippen LogP contribution in [-0.2, 0) is 24.3 Å². The molecule has 126 valence electrons. The van der Waals surface area contributed by atoms with Crippen LogP contribution in [0, 0.1) is 0 Å². The fraction of sp³-hybridized carbons (Fsp3) is 0.333. The molecule has 0 saturated heterocycles. The minimum Gasteiger partial charge on any atom is -0.495 e. The molecule has 23 heavy (non-hydrogen) atoms. The van der Waals surface area contributed by atoms with Crippen molar-refractivity contribution in [1.82, 2.24) is 4.31 Å². The van der Waals surface area contributed by atoms with Gasteiger partial charge in [-0.2, -0.15) is 0 Å². The number of carbonyl (C=O) groups is 2. The van der Waals surface area contributed by atoms with Crippen molar-refractivity contribution in [2.24, 2.45) is 0 Å². The third-order valence-corrected chi connectivity index (χ3v) is 4.61. The first-order valence-electron chi connectivity index (χ1n) is 6.63. The molecule has 8 heteroatoms. The van der Waals surface area contributed by atoms with Gasteiger partial charge in [-0.25, -0.2) is 17.5 Å². The first-order chi connectivity index (χ1) is 10.7. The second-order valence-electron chi connectivity index (χ2n) is 4.84. The molecular formula is C15H19NO6S. The van der Waals surface area contributed by atoms with Gasteiger partial charge in [0.1, 0.15) is 17.3 Å². The lowest BCUT2D eigenvalue weighted by molar-refractivity contribution is -0.142. The van der Waals surface area contributed by atoms with Gasteiger partial charge < -0.3 is 9.47 Å². The Balaban J connectivity index is 3.07. The van der Waals surface area contributed by atoms with Crippen molar-refractivity contribution in [2.75, 3.05) is 27.8 Å². The van der Waals surface area contributed by atoms with Crippen LogP contribution in [0.5, 0.6) is 5.75 Å². The Morgan fingerprint density at radius 1 is 1.26 bits per heavy atom. The fourth-order valence-corrected chi connectivity index (χ4v) is 2.66. The smallest absolute Gasteiger partial charge is 0.331 e. The molecule has 0 heterocycles. The molecule has 0 N–H and O–H groups in total. The Morgan fingerprint density at radius 2 is 1.91 bits per heavy atom. The monoisotopic (exact) mass is 341 g/mol. The van der Waals surface area contributed by atoms with Gasteiger partial charge in [-0.05, 0) is 30.7 Å². The molecule has 1 rings (SSSR count). The number of Topliss-reactive ketones (excluding diaryl/α,β-unsaturated/α-hetero) is 1. The number of hydrogen-bond donors (Lipinski definition) is 0. The van der Waals surface area contributed by atoms with Crippen LogP contribution in [0.3, 0.4) is 0 Å². The maximum absolute atomic E-state index is 12.3. The van der Waals surface area contributed by atoms with Gasteiger partial charge in [0.2, 0.25) is 10.0 Å². The zero-order valence-corrected chi connectivity index (χ0v) is 14.2. The minimum atomic E-state index is -3.69. The van der Waals surface area contributed by atoms with Crippen molar-refractivity contribution in [3.8, 4) is 5.75 Å². The van der Waals surface area contributed by atoms with E-state index >= 15 is 0 Å². The molecule has 0 saturated carbocycles. The van der Waals surface area contributed by atoms with Gasteiger partial charge in [0, 0.05) is 20.2 Å². The van der Waals surface area contributed by atoms with Crippen LogP contribution in [-0.4, -0.2) is 52.3 Å². The summed E-state index contributed by atoms with van der Waals surface area (Å²) in [6.07, 6.45) is 2.52. The van der Waals surface area contributed by atoms with Crippen LogP contribution in [0.2, 0.25) is 0 Å². The summed E-state index contributed by atoms with van der Waals surface area (Å²) < 4.78 is 35.4. The van der Waals surface area contributed by atoms with E-state index in [-0.39, 0.29) is 23.0 Å². The van der Waals surface area contributed by atoms with E-state index in [1.807, 2.05) is 0 Å². The standard InChI is InChI=1S/C15H19NO6S/c1-11(17)10-22-15(18)8-6-12-5-7-13(21-4)14(9-12)23(19,20)16(2)3/h5-9H,10H2,1-4H3/b8-6+. The molecule has 1 aromatic carbocycles. The number of benzene rings is 1. The summed E-state index contributed by atoms with van der Waals surface area (Å²) >= 11 is 0. The third-order valence-electron chi connectivity index (χ3n) is 2.78. The molecule has 1 aromatic rings. The van der Waals surface area contributed by atoms with Crippen LogP contribution in [0.25, 0.3) is 6.08 Å². The van der Waals surface area contributed by atoms with Crippen LogP contribution in [0.15, 0.2) is 29.2 Å². The summed E-state index contributed by atoms with van der Waals surface area (Å²) in [7, 11) is 0.511. The van der Waals surface area contributed by atoms with E-state index in [2.05, 4.69) is 4.74 Å². The average molecular weight is 341 g/mol. The molecular weight excluding hydrogens is 322 g/mol. The minimum absolute atomic E-state index is 0.00995. The molecule has 0 unspecified atom stereocenters. The van der Waals surface area contributed by atoms with E-state index in [0.717, 1.165) is 10.4 Å². The highest BCUT2D eigenvalue weighted by Crippen LogP contribution is 2.27. The van der Waals surface area contributed by atoms with Crippen LogP contribution in [0.4, 0.5) is 0 Å². The van der Waals surface area contributed by atoms with Crippen LogP contribution in [0.1, 0.15) is 12.5 Å². The Labute approximate surface area is 135 Å². The number of sulfonamides is 1. The summed E-state index contributed by atoms with van der Waals surface area (Å²) in [5, 5.41) is 0. The summed E-state index contributed by atoms with van der Waals surface area (Å²) in [6, 6.07) is 4.49. The lowest BCUT2D eigenvalue weighted by Gasteiger charge is -2.14. The summed E-state index contributed by atoms with van der Waals surface area (Å²) in [4.78, 5) is 22.1. The van der Waals surface area contributed by atoms with Crippen LogP contribution < -0.4 is 4.74 Å². The number of esters is 1. The van der Waals surface area contributed by atoms with Crippen molar-refractivity contribution in [2.45, 2.75) is 11.8 Å². The molecule has 0 amide bonds. The van der Waals surface area contributed by atoms with Gasteiger partial charge in [-0.15, -0.1) is 0 Å². The third kappa shape index (κ3) is 5.19. The maximum atomic E-state index is 12.3. The Bertz CT molecular complexity index is 721. The molecule has 0 aliphatic heterocycles. The number of ketones is 1. The topological polar surface area (TPSA) is 90.0 Å². The Morgan fingerprint density at radius 3 is 2.43 bits per heavy atom. The predicted octanol–water partition coefficient (Wildman–Crippen LogP) is 1.09. The Hall–Kier alpha value is -2.19. The molecule has 0 radical (unpaired) electrons. The second kappa shape index (κ2) is 7.89. The number of nitrogens with zero attached hydrogens (tertiary/aromatic N) is 1. The van der Waals surface area contributed by atoms with E-state index in [4.69, 9.17) is 4.74 Å². The van der Waals surface area contributed by atoms with E-state index in [9.17, 15) is 18.0 Å². The van der Waals surface area contributed by atoms with E-state index in [1.165, 1.54) is 46.3 Å². The fourth-order valence-electron chi connectivity index (χ4n) is 1.58. The van der Waals surface area contributed by atoms with Gasteiger partial charge in [0.15, 0.2) is 5.78 Å². The van der Waals surface area contributed by atoms with E-state index in [0.29, 0.717) is 5.56 Å². The van der Waals surface area contributed by atoms with Crippen LogP contribution >= 0.6 is 0 Å². The summed E-state index contributed by atoms with van der Waals surface area (Å²) in [5.41, 5.74) is 0.478. The van der Waals surface area contributed by atoms with Crippen molar-refractivity contribution >= 4 is 27.9 Å². The number of carbonyl (C=O) groups excluding carboxylic acids is 2. The van der Waals surface area contributed by atoms with Gasteiger partial charge in [0.25, 0.3) is 0 Å². The average Bonchev–Trinajstić information content (AvgIpc) is 2.50. The molecule has 0 spiro atoms. The van der Waals surface area contributed by atoms with Gasteiger partial charge in [-0.3, -0.25) is 4.79 Å². The lowest BCUT2D eigenvalue weighted by Crippen LogP contribution is -2.22. The highest BCUT2D eigenvalue weighted by atomic mass is 32.2. The number of ether oxygens (including phenoxy) is 2. The highest BCUT2D eigenvalue weighted by molar-refractivity contribution is 7.89. The second-order valence-corrected chi connectivity index (χ2v) is 6.96. The normalized spacial score (nSPS) is 11.7. The van der Waals surface area contributed by atoms with E-state index in [1.54, 1.807) is 6.07 Å². The lowest BCUT2D eigenvalue weighted by atomic mass is 10.2. The largest absolute Gasteiger partial charge is 0.495 e. The van der Waals surface area contributed by atoms with Crippen molar-refractivity contribution in [3.63, 3.8) is 0 Å². The highest BCUT2D eigenvalue weighted by Gasteiger charge is 2.22. The van der Waals surface area contributed by atoms with Crippen molar-refractivity contribution < 1.29 is 27.5 Å². The zero-order chi connectivity index (χ0) is 17.6. The molecule has 7 nitrogen and oxygen atoms in total. The quantitative estimate of drug-likeness (QED) is 0.545. The van der Waals surface area contributed by atoms with E-state index < -0.39 is 16.0 Å². The summed E-state index contributed by atoms with van der Waals surface area (Å²) in [5.74, 6) is -0.751. The first kappa shape index (κ1) is 18.9. The SMILES string of the molecule is COc1ccc(/C=C/C(=O)OCC(C)=O)cc1S(=O)(=O)N(C)C. The first-order valence-corrected chi connectivity index (χ1v) is 8.07. The number of rotatable bonds is 7. The van der Waals surface area contributed by atoms with Gasteiger partial charge >= 0.3 is 5.97 Å². The molecule has 0 fully saturated rings. The predicted molar refractivity (Wildman–Crippen MR) is 84.5 cm³/mol. The molecule has 0 bridgehead atoms. The molecule has 0 atom stereocenters. The summed E-state index contributed by atoms with van der Waals surface area (Å²) in [6.45, 7) is 1.00. The maximum Gasteiger partial charge on any atom is 0.331 e. The van der Waals surface area contributed by atoms with Gasteiger partial charge in [0.05, 0.1) is 7.11 Å². The zero-order valence-electron chi connectivity index (χ0n) is 13.4.